The zero-order valence-corrected chi connectivity index (χ0v) is 60.5. The van der Waals surface area contributed by atoms with Crippen molar-refractivity contribution >= 4 is 72.7 Å². The van der Waals surface area contributed by atoms with E-state index in [1.807, 2.05) is 85.0 Å². The SMILES string of the molecule is C#CCOCc1cc(NC(=O)[C@H](CCCNC(N)=O)NC(=O)[C@@H](NC(=O)OC(C)(C)C)C(C)C)ccc1C[N+](C)(C)CCC[C@@H]1Cc2ccccc2CN1C(=O)c1ccc(Cl)cc1-c1cc(C(=O)N(c2ccc(O[Si](C)(C)C(C)(C)C)cc2)c2cc(C#N)n(C)c2C)c(C)n1C. The average molecular weight is 1350 g/mol. The van der Waals surface area contributed by atoms with Crippen LogP contribution in [0.2, 0.25) is 23.2 Å². The van der Waals surface area contributed by atoms with E-state index in [2.05, 4.69) is 93.4 Å². The number of halogens is 1. The number of hydrogen-bond donors (Lipinski definition) is 5. The number of alkyl carbamates (subject to hydrolysis) is 1. The fourth-order valence-corrected chi connectivity index (χ4v) is 12.9. The molecule has 512 valence electrons. The van der Waals surface area contributed by atoms with E-state index >= 15 is 9.59 Å². The Morgan fingerprint density at radius 3 is 2.16 bits per heavy atom. The Labute approximate surface area is 572 Å². The van der Waals surface area contributed by atoms with E-state index in [0.29, 0.717) is 98.4 Å². The van der Waals surface area contributed by atoms with Crippen LogP contribution < -0.4 is 36.3 Å². The molecule has 6 N–H and O–H groups in total. The molecule has 1 aliphatic heterocycles. The lowest BCUT2D eigenvalue weighted by Gasteiger charge is -2.38. The van der Waals surface area contributed by atoms with Crippen molar-refractivity contribution in [1.82, 2.24) is 30.0 Å². The van der Waals surface area contributed by atoms with Gasteiger partial charge in [0.1, 0.15) is 48.3 Å². The molecule has 22 heteroatoms. The second kappa shape index (κ2) is 31.3. The predicted octanol–water partition coefficient (Wildman–Crippen LogP) is 12.7. The molecule has 7 rings (SSSR count). The number of nitrogens with two attached hydrogens (primary N) is 1. The van der Waals surface area contributed by atoms with Crippen molar-refractivity contribution in [3.8, 4) is 35.4 Å². The van der Waals surface area contributed by atoms with E-state index < -0.39 is 49.9 Å². The van der Waals surface area contributed by atoms with Gasteiger partial charge in [-0.25, -0.2) is 9.59 Å². The molecule has 0 aliphatic carbocycles. The van der Waals surface area contributed by atoms with Crippen LogP contribution in [0.15, 0.2) is 97.1 Å². The quantitative estimate of drug-likeness (QED) is 0.0149. The molecule has 0 bridgehead atoms. The number of primary amides is 1. The zero-order valence-electron chi connectivity index (χ0n) is 58.7. The summed E-state index contributed by atoms with van der Waals surface area (Å²) in [7, 11) is 5.79. The molecule has 0 unspecified atom stereocenters. The smallest absolute Gasteiger partial charge is 0.408 e. The number of anilines is 3. The number of hydrogen-bond acceptors (Lipinski definition) is 10. The van der Waals surface area contributed by atoms with Crippen molar-refractivity contribution in [2.75, 3.05) is 44.0 Å². The van der Waals surface area contributed by atoms with Gasteiger partial charge in [0.15, 0.2) is 0 Å². The Bertz CT molecular complexity index is 3920. The van der Waals surface area contributed by atoms with Crippen molar-refractivity contribution in [1.29, 1.82) is 5.26 Å². The van der Waals surface area contributed by atoms with Crippen molar-refractivity contribution in [3.05, 3.63) is 153 Å². The Hall–Kier alpha value is -8.86. The lowest BCUT2D eigenvalue weighted by Crippen LogP contribution is -2.55. The topological polar surface area (TPSA) is 244 Å². The molecule has 3 atom stereocenters. The second-order valence-electron chi connectivity index (χ2n) is 28.5. The predicted molar refractivity (Wildman–Crippen MR) is 380 cm³/mol. The highest BCUT2D eigenvalue weighted by atomic mass is 35.5. The summed E-state index contributed by atoms with van der Waals surface area (Å²) in [4.78, 5) is 87.0. The van der Waals surface area contributed by atoms with E-state index in [-0.39, 0.29) is 55.0 Å². The fourth-order valence-electron chi connectivity index (χ4n) is 11.7. The van der Waals surface area contributed by atoms with Crippen LogP contribution >= 0.6 is 11.6 Å². The number of benzene rings is 4. The molecule has 1 aliphatic rings. The number of aromatic nitrogens is 2. The molecule has 0 radical (unpaired) electrons. The highest BCUT2D eigenvalue weighted by molar-refractivity contribution is 6.74. The van der Waals surface area contributed by atoms with Crippen LogP contribution in [-0.2, 0) is 59.3 Å². The third-order valence-corrected chi connectivity index (χ3v) is 22.8. The second-order valence-corrected chi connectivity index (χ2v) is 33.7. The summed E-state index contributed by atoms with van der Waals surface area (Å²) >= 11 is 6.87. The first-order chi connectivity index (χ1) is 45.0. The lowest BCUT2D eigenvalue weighted by atomic mass is 9.90. The van der Waals surface area contributed by atoms with E-state index in [0.717, 1.165) is 35.3 Å². The average Bonchev–Trinajstić information content (AvgIpc) is 1.55. The third kappa shape index (κ3) is 18.8. The summed E-state index contributed by atoms with van der Waals surface area (Å²) in [6.07, 6.45) is 7.36. The van der Waals surface area contributed by atoms with Crippen molar-refractivity contribution in [3.63, 3.8) is 0 Å². The Morgan fingerprint density at radius 2 is 1.53 bits per heavy atom. The minimum Gasteiger partial charge on any atom is -0.544 e. The zero-order chi connectivity index (χ0) is 70.8. The molecule has 6 aromatic rings. The van der Waals surface area contributed by atoms with Gasteiger partial charge in [-0.3, -0.25) is 24.1 Å². The van der Waals surface area contributed by atoms with Crippen molar-refractivity contribution in [2.24, 2.45) is 25.7 Å². The highest BCUT2D eigenvalue weighted by Gasteiger charge is 2.40. The van der Waals surface area contributed by atoms with E-state index in [4.69, 9.17) is 37.7 Å². The van der Waals surface area contributed by atoms with Crippen LogP contribution in [0.1, 0.15) is 141 Å². The molecule has 7 amide bonds. The van der Waals surface area contributed by atoms with Crippen molar-refractivity contribution in [2.45, 2.75) is 163 Å². The number of terminal acetylenes is 1. The molecule has 96 heavy (non-hydrogen) atoms. The Kier molecular flexibility index (Phi) is 24.3. The number of fused-ring (bicyclic) bond motifs is 1. The van der Waals surface area contributed by atoms with Gasteiger partial charge in [-0.15, -0.1) is 6.42 Å². The molecule has 3 heterocycles. The number of carbonyl (C=O) groups excluding carboxylic acids is 6. The molecular formula is C74H97ClN11O9Si+. The molecule has 4 aromatic carbocycles. The van der Waals surface area contributed by atoms with Crippen LogP contribution in [0.3, 0.4) is 0 Å². The minimum absolute atomic E-state index is 0.0319. The van der Waals surface area contributed by atoms with Crippen LogP contribution in [0.4, 0.5) is 26.7 Å². The van der Waals surface area contributed by atoms with Gasteiger partial charge in [0, 0.05) is 83.4 Å². The monoisotopic (exact) mass is 1350 g/mol. The van der Waals surface area contributed by atoms with Gasteiger partial charge < -0.3 is 59.4 Å². The first-order valence-electron chi connectivity index (χ1n) is 32.7. The van der Waals surface area contributed by atoms with Gasteiger partial charge in [0.05, 0.1) is 38.5 Å². The summed E-state index contributed by atoms with van der Waals surface area (Å²) in [6.45, 7) is 25.4. The van der Waals surface area contributed by atoms with Gasteiger partial charge in [-0.2, -0.15) is 5.26 Å². The van der Waals surface area contributed by atoms with Crippen LogP contribution in [0, 0.1) is 43.4 Å². The normalized spacial score (nSPS) is 14.0. The maximum atomic E-state index is 15.6. The number of nitrogens with one attached hydrogen (secondary N) is 4. The van der Waals surface area contributed by atoms with Crippen LogP contribution in [0.25, 0.3) is 11.3 Å². The standard InChI is InChI=1S/C74H96ClN11O9Si/c1-18-37-93-46-53-38-55(79-67(87)63(26-21-35-78-71(77)91)80-68(88)66(47(2)3)81-72(92)94-73(6,7)8)29-27-52(53)45-86(14,15)36-22-25-57-39-50-23-19-20-24-51(50)44-84(57)69(89)60-34-28-54(75)40-62(60)65-42-61(48(4)83(65)13)70(90)85(64-41-58(43-76)82(12)49(64)5)56-30-32-59(33-31-56)95-96(16,17)74(9,10)11/h1,19-20,23-24,27-34,38,40-42,47,57,63,66H,21-22,25-26,35-37,39,44-46H2,2-17H3,(H5-,77,78,79,80,81,87,88,91,92)/p+1/t57-,63+,66+/m1/s1. The summed E-state index contributed by atoms with van der Waals surface area (Å²) in [5.41, 5.74) is 13.9. The van der Waals surface area contributed by atoms with Gasteiger partial charge in [0.25, 0.3) is 11.8 Å². The van der Waals surface area contributed by atoms with Gasteiger partial charge in [0.2, 0.25) is 20.1 Å². The van der Waals surface area contributed by atoms with Gasteiger partial charge in [-0.1, -0.05) is 82.5 Å². The molecule has 0 spiro atoms. The molecule has 0 fully saturated rings. The first-order valence-corrected chi connectivity index (χ1v) is 35.9. The molecule has 0 saturated carbocycles. The number of nitrogens with zero attached hydrogens (tertiary/aromatic N) is 6. The number of rotatable bonds is 26. The number of urea groups is 1. The summed E-state index contributed by atoms with van der Waals surface area (Å²) in [5, 5.41) is 21.5. The van der Waals surface area contributed by atoms with E-state index in [1.54, 1.807) is 81.5 Å². The number of amides is 7. The van der Waals surface area contributed by atoms with Gasteiger partial charge in [-0.05, 0) is 174 Å². The largest absolute Gasteiger partial charge is 0.544 e. The number of carbonyl (C=O) groups is 6. The molecule has 0 saturated heterocycles. The van der Waals surface area contributed by atoms with Crippen LogP contribution in [-0.4, -0.2) is 120 Å². The molecule has 2 aromatic heterocycles. The molecular weight excluding hydrogens is 1250 g/mol. The van der Waals surface area contributed by atoms with E-state index in [9.17, 15) is 24.4 Å². The van der Waals surface area contributed by atoms with Gasteiger partial charge >= 0.3 is 12.1 Å². The van der Waals surface area contributed by atoms with Crippen LogP contribution in [0.5, 0.6) is 5.75 Å². The summed E-state index contributed by atoms with van der Waals surface area (Å²) in [5.74, 6) is 1.27. The minimum atomic E-state index is -2.19. The summed E-state index contributed by atoms with van der Waals surface area (Å²) in [6, 6.07) is 29.5. The van der Waals surface area contributed by atoms with Crippen molar-refractivity contribution < 1.29 is 47.1 Å². The third-order valence-electron chi connectivity index (χ3n) is 18.3. The Morgan fingerprint density at radius 1 is 0.844 bits per heavy atom. The lowest BCUT2D eigenvalue weighted by molar-refractivity contribution is -0.903. The first kappa shape index (κ1) is 74.5. The maximum absolute atomic E-state index is 15.6. The summed E-state index contributed by atoms with van der Waals surface area (Å²) < 4.78 is 22.2. The number of ether oxygens (including phenoxy) is 2. The number of nitriles is 1. The van der Waals surface area contributed by atoms with E-state index in [1.165, 1.54) is 5.56 Å². The maximum Gasteiger partial charge on any atom is 0.408 e. The fraction of sp³-hybridized carbons (Fsp3) is 0.446. The number of quaternary nitrogens is 1. The Balaban J connectivity index is 1.12. The highest BCUT2D eigenvalue weighted by Crippen LogP contribution is 2.41. The molecule has 20 nitrogen and oxygen atoms in total.